The van der Waals surface area contributed by atoms with Gasteiger partial charge in [0.1, 0.15) is 0 Å². The van der Waals surface area contributed by atoms with E-state index in [1.165, 1.54) is 0 Å². The van der Waals surface area contributed by atoms with Gasteiger partial charge in [0.15, 0.2) is 12.0 Å². The van der Waals surface area contributed by atoms with Crippen LogP contribution < -0.4 is 10.3 Å². The second-order valence-electron chi connectivity index (χ2n) is 6.49. The Hall–Kier alpha value is -1.58. The maximum Gasteiger partial charge on any atom is 0.234 e. The zero-order chi connectivity index (χ0) is 13.4. The number of aromatic amines is 2. The third-order valence-electron chi connectivity index (χ3n) is 3.27. The molecule has 0 aliphatic rings. The van der Waals surface area contributed by atoms with Crippen LogP contribution in [0.5, 0.6) is 0 Å². The summed E-state index contributed by atoms with van der Waals surface area (Å²) in [7, 11) is 0. The van der Waals surface area contributed by atoms with Crippen molar-refractivity contribution in [1.29, 1.82) is 0 Å². The van der Waals surface area contributed by atoms with Crippen LogP contribution in [-0.2, 0) is 17.3 Å². The van der Waals surface area contributed by atoms with E-state index in [1.54, 1.807) is 6.26 Å². The van der Waals surface area contributed by atoms with Gasteiger partial charge in [-0.1, -0.05) is 34.6 Å². The highest BCUT2D eigenvalue weighted by Crippen LogP contribution is 2.28. The molecule has 4 nitrogen and oxygen atoms in total. The lowest BCUT2D eigenvalue weighted by atomic mass is 9.82. The normalized spacial score (nSPS) is 12.9. The van der Waals surface area contributed by atoms with Gasteiger partial charge >= 0.3 is 0 Å². The van der Waals surface area contributed by atoms with Crippen molar-refractivity contribution in [3.8, 4) is 0 Å². The average Bonchev–Trinajstić information content (AvgIpc) is 2.83. The summed E-state index contributed by atoms with van der Waals surface area (Å²) in [5, 5.41) is 5.74. The van der Waals surface area contributed by atoms with Crippen LogP contribution in [0.4, 0.5) is 0 Å². The SMILES string of the molecule is CC(C)(C)c1cc(CC(C)(C)c2c[nH+]oc2)o[nH+]1. The second kappa shape index (κ2) is 4.26. The predicted octanol–water partition coefficient (Wildman–Crippen LogP) is 2.32. The average molecular weight is 250 g/mol. The Balaban J connectivity index is 2.17. The van der Waals surface area contributed by atoms with Gasteiger partial charge in [-0.2, -0.15) is 0 Å². The first-order valence-electron chi connectivity index (χ1n) is 6.25. The summed E-state index contributed by atoms with van der Waals surface area (Å²) in [5.74, 6) is 0.964. The Morgan fingerprint density at radius 3 is 2.39 bits per heavy atom. The van der Waals surface area contributed by atoms with Gasteiger partial charge in [0, 0.05) is 11.8 Å². The van der Waals surface area contributed by atoms with E-state index in [0.717, 1.165) is 23.4 Å². The minimum absolute atomic E-state index is 0.0235. The highest BCUT2D eigenvalue weighted by Gasteiger charge is 2.30. The summed E-state index contributed by atoms with van der Waals surface area (Å²) in [6.07, 6.45) is 4.46. The van der Waals surface area contributed by atoms with Crippen LogP contribution in [-0.4, -0.2) is 0 Å². The third-order valence-corrected chi connectivity index (χ3v) is 3.27. The van der Waals surface area contributed by atoms with Crippen LogP contribution in [0.15, 0.2) is 27.6 Å². The monoisotopic (exact) mass is 250 g/mol. The fourth-order valence-corrected chi connectivity index (χ4v) is 1.92. The molecule has 2 N–H and O–H groups in total. The first-order valence-corrected chi connectivity index (χ1v) is 6.25. The number of rotatable bonds is 3. The van der Waals surface area contributed by atoms with Crippen LogP contribution in [0.1, 0.15) is 51.6 Å². The molecule has 2 aromatic rings. The summed E-state index contributed by atoms with van der Waals surface area (Å²) in [5.41, 5.74) is 2.31. The van der Waals surface area contributed by atoms with Crippen LogP contribution >= 0.6 is 0 Å². The zero-order valence-electron chi connectivity index (χ0n) is 11.8. The summed E-state index contributed by atoms with van der Waals surface area (Å²) in [4.78, 5) is 0. The number of hydrogen-bond donors (Lipinski definition) is 0. The standard InChI is InChI=1S/C14H20N2O2/c1-13(2,3)12-6-11(18-16-12)7-14(4,5)10-8-15-17-9-10/h6,8-9H,7H2,1-5H3/p+2. The van der Waals surface area contributed by atoms with Crippen LogP contribution in [0.3, 0.4) is 0 Å². The molecule has 2 heterocycles. The molecule has 0 fully saturated rings. The molecule has 0 spiro atoms. The molecule has 0 radical (unpaired) electrons. The molecular weight excluding hydrogens is 228 g/mol. The van der Waals surface area contributed by atoms with Gasteiger partial charge in [-0.15, -0.1) is 0 Å². The molecule has 0 atom stereocenters. The molecule has 0 unspecified atom stereocenters. The molecule has 98 valence electrons. The zero-order valence-corrected chi connectivity index (χ0v) is 11.8. The first kappa shape index (κ1) is 12.9. The lowest BCUT2D eigenvalue weighted by molar-refractivity contribution is -0.620. The largest absolute Gasteiger partial charge is 0.247 e. The molecule has 18 heavy (non-hydrogen) atoms. The molecule has 2 aromatic heterocycles. The molecule has 2 rings (SSSR count). The Morgan fingerprint density at radius 2 is 1.89 bits per heavy atom. The highest BCUT2D eigenvalue weighted by molar-refractivity contribution is 5.18. The fourth-order valence-electron chi connectivity index (χ4n) is 1.92. The molecule has 0 bridgehead atoms. The summed E-state index contributed by atoms with van der Waals surface area (Å²) in [6.45, 7) is 10.8. The van der Waals surface area contributed by atoms with E-state index in [2.05, 4.69) is 51.0 Å². The molecule has 0 saturated heterocycles. The Morgan fingerprint density at radius 1 is 1.17 bits per heavy atom. The number of aromatic nitrogens is 2. The maximum absolute atomic E-state index is 5.56. The molecule has 0 aromatic carbocycles. The minimum Gasteiger partial charge on any atom is -0.247 e. The Kier molecular flexibility index (Phi) is 3.05. The summed E-state index contributed by atoms with van der Waals surface area (Å²) < 4.78 is 10.6. The van der Waals surface area contributed by atoms with Gasteiger partial charge in [0.05, 0.1) is 17.0 Å². The summed E-state index contributed by atoms with van der Waals surface area (Å²) >= 11 is 0. The van der Waals surface area contributed by atoms with Gasteiger partial charge in [-0.3, -0.25) is 0 Å². The lowest BCUT2D eigenvalue weighted by Gasteiger charge is -2.18. The van der Waals surface area contributed by atoms with Crippen molar-refractivity contribution in [2.24, 2.45) is 0 Å². The second-order valence-corrected chi connectivity index (χ2v) is 6.49. The van der Waals surface area contributed by atoms with Crippen molar-refractivity contribution in [3.05, 3.63) is 35.5 Å². The predicted molar refractivity (Wildman–Crippen MR) is 66.0 cm³/mol. The van der Waals surface area contributed by atoms with E-state index < -0.39 is 0 Å². The van der Waals surface area contributed by atoms with E-state index >= 15 is 0 Å². The van der Waals surface area contributed by atoms with Crippen molar-refractivity contribution in [2.45, 2.75) is 51.9 Å². The Labute approximate surface area is 107 Å². The van der Waals surface area contributed by atoms with Gasteiger partial charge < -0.3 is 0 Å². The smallest absolute Gasteiger partial charge is 0.234 e. The third kappa shape index (κ3) is 2.63. The van der Waals surface area contributed by atoms with E-state index in [1.807, 2.05) is 6.20 Å². The van der Waals surface area contributed by atoms with E-state index in [-0.39, 0.29) is 10.8 Å². The van der Waals surface area contributed by atoms with E-state index in [0.29, 0.717) is 0 Å². The lowest BCUT2D eigenvalue weighted by Crippen LogP contribution is -2.20. The van der Waals surface area contributed by atoms with Crippen LogP contribution in [0.2, 0.25) is 0 Å². The number of nitrogens with one attached hydrogen (secondary N) is 2. The molecule has 0 amide bonds. The van der Waals surface area contributed by atoms with Crippen molar-refractivity contribution in [1.82, 2.24) is 0 Å². The topological polar surface area (TPSA) is 54.6 Å². The molecular formula is C14H22N2O2+2. The number of H-pyrrole nitrogens is 2. The molecule has 0 saturated carbocycles. The quantitative estimate of drug-likeness (QED) is 0.839. The van der Waals surface area contributed by atoms with Gasteiger partial charge in [-0.25, -0.2) is 9.05 Å². The number of hydrogen-bond acceptors (Lipinski definition) is 2. The van der Waals surface area contributed by atoms with Gasteiger partial charge in [0.2, 0.25) is 11.9 Å². The van der Waals surface area contributed by atoms with Crippen molar-refractivity contribution in [2.75, 3.05) is 0 Å². The van der Waals surface area contributed by atoms with E-state index in [4.69, 9.17) is 9.05 Å². The van der Waals surface area contributed by atoms with E-state index in [9.17, 15) is 0 Å². The first-order chi connectivity index (χ1) is 8.29. The van der Waals surface area contributed by atoms with Crippen LogP contribution in [0, 0.1) is 0 Å². The molecule has 0 aliphatic heterocycles. The Bertz CT molecular complexity index is 504. The van der Waals surface area contributed by atoms with Gasteiger partial charge in [0.25, 0.3) is 0 Å². The minimum atomic E-state index is -0.0235. The summed E-state index contributed by atoms with van der Waals surface area (Å²) in [6, 6.07) is 2.10. The van der Waals surface area contributed by atoms with Crippen LogP contribution in [0.25, 0.3) is 0 Å². The van der Waals surface area contributed by atoms with Gasteiger partial charge in [-0.05, 0) is 10.3 Å². The molecule has 4 heteroatoms. The molecule has 0 aliphatic carbocycles. The van der Waals surface area contributed by atoms with Crippen molar-refractivity contribution in [3.63, 3.8) is 0 Å². The van der Waals surface area contributed by atoms with Crippen molar-refractivity contribution < 1.29 is 19.4 Å². The maximum atomic E-state index is 5.56. The fraction of sp³-hybridized carbons (Fsp3) is 0.571. The van der Waals surface area contributed by atoms with Crippen molar-refractivity contribution >= 4 is 0 Å². The highest BCUT2D eigenvalue weighted by atomic mass is 16.5.